The highest BCUT2D eigenvalue weighted by molar-refractivity contribution is 5.76. The summed E-state index contributed by atoms with van der Waals surface area (Å²) in [6.45, 7) is 11.4. The first-order valence-electron chi connectivity index (χ1n) is 8.68. The summed E-state index contributed by atoms with van der Waals surface area (Å²) < 4.78 is 16.3. The Morgan fingerprint density at radius 1 is 1.08 bits per heavy atom. The third kappa shape index (κ3) is 6.25. The van der Waals surface area contributed by atoms with Crippen LogP contribution in [0.3, 0.4) is 0 Å². The molecule has 1 aliphatic rings. The van der Waals surface area contributed by atoms with E-state index in [-0.39, 0.29) is 19.1 Å². The van der Waals surface area contributed by atoms with Crippen LogP contribution >= 0.6 is 0 Å². The monoisotopic (exact) mass is 373 g/mol. The Kier molecular flexibility index (Phi) is 7.18. The summed E-state index contributed by atoms with van der Waals surface area (Å²) >= 11 is 0. The lowest BCUT2D eigenvalue weighted by Gasteiger charge is -2.40. The molecule has 8 heteroatoms. The topological polar surface area (TPSA) is 111 Å². The van der Waals surface area contributed by atoms with Gasteiger partial charge in [0.25, 0.3) is 0 Å². The maximum atomic E-state index is 12.3. The van der Waals surface area contributed by atoms with Gasteiger partial charge in [0.05, 0.1) is 23.5 Å². The summed E-state index contributed by atoms with van der Waals surface area (Å²) in [5, 5.41) is 13.1. The van der Waals surface area contributed by atoms with E-state index in [0.717, 1.165) is 0 Å². The summed E-state index contributed by atoms with van der Waals surface area (Å²) in [6.07, 6.45) is -3.08. The normalized spacial score (nSPS) is 26.8. The number of aliphatic hydroxyl groups excluding tert-OH is 1. The van der Waals surface area contributed by atoms with Crippen molar-refractivity contribution in [1.29, 1.82) is 0 Å². The van der Waals surface area contributed by atoms with Gasteiger partial charge in [0.1, 0.15) is 18.8 Å². The van der Waals surface area contributed by atoms with Crippen molar-refractivity contribution in [1.82, 2.24) is 5.32 Å². The van der Waals surface area contributed by atoms with Gasteiger partial charge in [-0.05, 0) is 41.5 Å². The molecule has 1 saturated heterocycles. The third-order valence-corrected chi connectivity index (χ3v) is 3.84. The van der Waals surface area contributed by atoms with Crippen molar-refractivity contribution < 1.29 is 33.7 Å². The molecule has 0 aromatic carbocycles. The van der Waals surface area contributed by atoms with Gasteiger partial charge in [-0.15, -0.1) is 0 Å². The predicted molar refractivity (Wildman–Crippen MR) is 93.1 cm³/mol. The SMILES string of the molecule is CC(=O)N[C@H]1CO[C@H](COC(=O)C(C)(C)C)[C@H](OC(=O)C(C)(C)C)[C@@H]1O. The van der Waals surface area contributed by atoms with E-state index >= 15 is 0 Å². The average molecular weight is 373 g/mol. The summed E-state index contributed by atoms with van der Waals surface area (Å²) in [6, 6.07) is -0.722. The molecule has 0 aliphatic carbocycles. The van der Waals surface area contributed by atoms with Crippen molar-refractivity contribution in [2.75, 3.05) is 13.2 Å². The summed E-state index contributed by atoms with van der Waals surface area (Å²) in [5.41, 5.74) is -1.48. The molecule has 0 spiro atoms. The van der Waals surface area contributed by atoms with E-state index in [4.69, 9.17) is 14.2 Å². The number of carbonyl (C=O) groups is 3. The first kappa shape index (κ1) is 22.4. The van der Waals surface area contributed by atoms with Crippen LogP contribution in [-0.2, 0) is 28.6 Å². The van der Waals surface area contributed by atoms with Gasteiger partial charge in [-0.25, -0.2) is 0 Å². The van der Waals surface area contributed by atoms with Gasteiger partial charge in [-0.1, -0.05) is 0 Å². The van der Waals surface area contributed by atoms with Gasteiger partial charge < -0.3 is 24.6 Å². The molecule has 4 atom stereocenters. The number of esters is 2. The van der Waals surface area contributed by atoms with Crippen LogP contribution in [0.5, 0.6) is 0 Å². The molecule has 1 heterocycles. The fourth-order valence-electron chi connectivity index (χ4n) is 2.22. The molecule has 1 amide bonds. The van der Waals surface area contributed by atoms with Crippen LogP contribution in [0.1, 0.15) is 48.5 Å². The van der Waals surface area contributed by atoms with E-state index in [1.54, 1.807) is 41.5 Å². The van der Waals surface area contributed by atoms with Crippen LogP contribution in [0, 0.1) is 10.8 Å². The van der Waals surface area contributed by atoms with Crippen LogP contribution in [0.25, 0.3) is 0 Å². The number of ether oxygens (including phenoxy) is 3. The Hall–Kier alpha value is -1.67. The summed E-state index contributed by atoms with van der Waals surface area (Å²) in [5.74, 6) is -1.29. The molecule has 0 unspecified atom stereocenters. The molecule has 0 aromatic rings. The third-order valence-electron chi connectivity index (χ3n) is 3.84. The smallest absolute Gasteiger partial charge is 0.311 e. The number of hydrogen-bond acceptors (Lipinski definition) is 7. The fraction of sp³-hybridized carbons (Fsp3) is 0.833. The Balaban J connectivity index is 2.90. The molecule has 26 heavy (non-hydrogen) atoms. The lowest BCUT2D eigenvalue weighted by atomic mass is 9.94. The van der Waals surface area contributed by atoms with Crippen molar-refractivity contribution in [3.8, 4) is 0 Å². The average Bonchev–Trinajstić information content (AvgIpc) is 2.47. The molecular weight excluding hydrogens is 342 g/mol. The van der Waals surface area contributed by atoms with Crippen LogP contribution in [0.15, 0.2) is 0 Å². The zero-order valence-electron chi connectivity index (χ0n) is 16.6. The molecule has 0 radical (unpaired) electrons. The molecule has 150 valence electrons. The van der Waals surface area contributed by atoms with E-state index in [1.807, 2.05) is 0 Å². The molecule has 1 aliphatic heterocycles. The molecule has 1 rings (SSSR count). The van der Waals surface area contributed by atoms with Gasteiger partial charge in [0.2, 0.25) is 5.91 Å². The predicted octanol–water partition coefficient (Wildman–Crippen LogP) is 0.798. The summed E-state index contributed by atoms with van der Waals surface area (Å²) in [4.78, 5) is 35.5. The van der Waals surface area contributed by atoms with E-state index in [1.165, 1.54) is 6.92 Å². The van der Waals surface area contributed by atoms with Crippen LogP contribution in [0.2, 0.25) is 0 Å². The lowest BCUT2D eigenvalue weighted by molar-refractivity contribution is -0.204. The minimum Gasteiger partial charge on any atom is -0.462 e. The highest BCUT2D eigenvalue weighted by Gasteiger charge is 2.44. The maximum Gasteiger partial charge on any atom is 0.311 e. The highest BCUT2D eigenvalue weighted by Crippen LogP contribution is 2.25. The van der Waals surface area contributed by atoms with E-state index in [0.29, 0.717) is 0 Å². The first-order chi connectivity index (χ1) is 11.7. The molecule has 8 nitrogen and oxygen atoms in total. The number of carbonyl (C=O) groups excluding carboxylic acids is 3. The van der Waals surface area contributed by atoms with Crippen molar-refractivity contribution in [2.45, 2.75) is 72.8 Å². The minimum atomic E-state index is -1.18. The van der Waals surface area contributed by atoms with E-state index in [9.17, 15) is 19.5 Å². The Morgan fingerprint density at radius 3 is 2.08 bits per heavy atom. The van der Waals surface area contributed by atoms with Gasteiger partial charge in [0.15, 0.2) is 6.10 Å². The quantitative estimate of drug-likeness (QED) is 0.701. The zero-order chi connectivity index (χ0) is 20.3. The second-order valence-corrected chi connectivity index (χ2v) is 8.64. The molecule has 0 bridgehead atoms. The molecule has 2 N–H and O–H groups in total. The van der Waals surface area contributed by atoms with Crippen LogP contribution in [-0.4, -0.2) is 60.5 Å². The molecule has 0 saturated carbocycles. The van der Waals surface area contributed by atoms with Crippen molar-refractivity contribution in [2.24, 2.45) is 10.8 Å². The maximum absolute atomic E-state index is 12.3. The highest BCUT2D eigenvalue weighted by atomic mass is 16.6. The van der Waals surface area contributed by atoms with Gasteiger partial charge in [-0.3, -0.25) is 14.4 Å². The Morgan fingerprint density at radius 2 is 1.62 bits per heavy atom. The fourth-order valence-corrected chi connectivity index (χ4v) is 2.22. The first-order valence-corrected chi connectivity index (χ1v) is 8.68. The van der Waals surface area contributed by atoms with E-state index < -0.39 is 47.1 Å². The number of hydrogen-bond donors (Lipinski definition) is 2. The van der Waals surface area contributed by atoms with Gasteiger partial charge in [0, 0.05) is 6.92 Å². The second-order valence-electron chi connectivity index (χ2n) is 8.64. The van der Waals surface area contributed by atoms with Crippen molar-refractivity contribution in [3.63, 3.8) is 0 Å². The number of aliphatic hydroxyl groups is 1. The minimum absolute atomic E-state index is 0.0159. The number of rotatable bonds is 4. The van der Waals surface area contributed by atoms with Gasteiger partial charge >= 0.3 is 11.9 Å². The van der Waals surface area contributed by atoms with Crippen LogP contribution in [0.4, 0.5) is 0 Å². The second kappa shape index (κ2) is 8.35. The Labute approximate surface area is 154 Å². The number of nitrogens with one attached hydrogen (secondary N) is 1. The molecule has 1 fully saturated rings. The summed E-state index contributed by atoms with van der Waals surface area (Å²) in [7, 11) is 0. The van der Waals surface area contributed by atoms with E-state index in [2.05, 4.69) is 5.32 Å². The lowest BCUT2D eigenvalue weighted by Crippen LogP contribution is -2.61. The standard InChI is InChI=1S/C18H31NO7/c1-10(20)19-11-8-24-12(9-25-15(22)17(2,3)4)14(13(11)21)26-16(23)18(5,6)7/h11-14,21H,8-9H2,1-7H3,(H,19,20)/t11-,12+,13+,14-/m0/s1. The largest absolute Gasteiger partial charge is 0.462 e. The van der Waals surface area contributed by atoms with Crippen LogP contribution < -0.4 is 5.32 Å². The van der Waals surface area contributed by atoms with Crippen molar-refractivity contribution >= 4 is 17.8 Å². The Bertz CT molecular complexity index is 533. The van der Waals surface area contributed by atoms with Crippen molar-refractivity contribution in [3.05, 3.63) is 0 Å². The number of amides is 1. The molecule has 0 aromatic heterocycles. The molecular formula is C18H31NO7. The van der Waals surface area contributed by atoms with Gasteiger partial charge in [-0.2, -0.15) is 0 Å². The zero-order valence-corrected chi connectivity index (χ0v) is 16.6.